The number of hydrogen-bond acceptors (Lipinski definition) is 1. The van der Waals surface area contributed by atoms with Crippen molar-refractivity contribution >= 4 is 27.5 Å². The SMILES string of the molecule is Cc1nn(Cc2ccc(F)cc2Br)cc1Cl. The maximum absolute atomic E-state index is 12.9. The monoisotopic (exact) mass is 302 g/mol. The predicted octanol–water partition coefficient (Wildman–Crippen LogP) is 3.79. The van der Waals surface area contributed by atoms with Crippen LogP contribution in [0.3, 0.4) is 0 Å². The van der Waals surface area contributed by atoms with Crippen LogP contribution in [0.5, 0.6) is 0 Å². The van der Waals surface area contributed by atoms with E-state index in [2.05, 4.69) is 21.0 Å². The zero-order valence-electron chi connectivity index (χ0n) is 8.54. The molecule has 2 nitrogen and oxygen atoms in total. The smallest absolute Gasteiger partial charge is 0.124 e. The second kappa shape index (κ2) is 4.55. The second-order valence-electron chi connectivity index (χ2n) is 3.50. The van der Waals surface area contributed by atoms with E-state index >= 15 is 0 Å². The number of aryl methyl sites for hydroxylation is 1. The van der Waals surface area contributed by atoms with Gasteiger partial charge in [-0.05, 0) is 24.6 Å². The van der Waals surface area contributed by atoms with E-state index in [9.17, 15) is 4.39 Å². The third kappa shape index (κ3) is 2.44. The van der Waals surface area contributed by atoms with Crippen molar-refractivity contribution in [1.29, 1.82) is 0 Å². The van der Waals surface area contributed by atoms with Crippen LogP contribution in [-0.4, -0.2) is 9.78 Å². The molecule has 0 saturated heterocycles. The summed E-state index contributed by atoms with van der Waals surface area (Å²) in [7, 11) is 0. The molecular formula is C11H9BrClFN2. The molecular weight excluding hydrogens is 294 g/mol. The largest absolute Gasteiger partial charge is 0.266 e. The van der Waals surface area contributed by atoms with Gasteiger partial charge in [-0.15, -0.1) is 0 Å². The van der Waals surface area contributed by atoms with Crippen LogP contribution in [0.4, 0.5) is 4.39 Å². The highest BCUT2D eigenvalue weighted by Gasteiger charge is 2.05. The van der Waals surface area contributed by atoms with Crippen LogP contribution in [0.1, 0.15) is 11.3 Å². The lowest BCUT2D eigenvalue weighted by Crippen LogP contribution is -2.01. The van der Waals surface area contributed by atoms with Crippen LogP contribution < -0.4 is 0 Å². The second-order valence-corrected chi connectivity index (χ2v) is 4.76. The number of rotatable bonds is 2. The molecule has 1 aromatic heterocycles. The fourth-order valence-electron chi connectivity index (χ4n) is 1.40. The lowest BCUT2D eigenvalue weighted by atomic mass is 10.2. The standard InChI is InChI=1S/C11H9BrClFN2/c1-7-11(13)6-16(15-7)5-8-2-3-9(14)4-10(8)12/h2-4,6H,5H2,1H3. The first-order valence-electron chi connectivity index (χ1n) is 4.70. The maximum Gasteiger partial charge on any atom is 0.124 e. The molecule has 84 valence electrons. The Morgan fingerprint density at radius 1 is 1.50 bits per heavy atom. The molecule has 0 fully saturated rings. The first-order chi connectivity index (χ1) is 7.56. The molecule has 0 bridgehead atoms. The minimum absolute atomic E-state index is 0.259. The number of nitrogens with zero attached hydrogens (tertiary/aromatic N) is 2. The van der Waals surface area contributed by atoms with E-state index in [4.69, 9.17) is 11.6 Å². The molecule has 16 heavy (non-hydrogen) atoms. The van der Waals surface area contributed by atoms with Gasteiger partial charge in [0.1, 0.15) is 5.82 Å². The fraction of sp³-hybridized carbons (Fsp3) is 0.182. The summed E-state index contributed by atoms with van der Waals surface area (Å²) in [5.74, 6) is -0.259. The Balaban J connectivity index is 2.27. The van der Waals surface area contributed by atoms with Crippen molar-refractivity contribution in [3.8, 4) is 0 Å². The molecule has 0 radical (unpaired) electrons. The molecule has 0 aliphatic carbocycles. The molecule has 1 aromatic carbocycles. The number of benzene rings is 1. The van der Waals surface area contributed by atoms with Crippen LogP contribution in [0, 0.1) is 12.7 Å². The Morgan fingerprint density at radius 3 is 2.81 bits per heavy atom. The molecule has 1 heterocycles. The zero-order valence-corrected chi connectivity index (χ0v) is 10.9. The third-order valence-corrected chi connectivity index (χ3v) is 3.34. The molecule has 0 aliphatic rings. The van der Waals surface area contributed by atoms with E-state index in [0.29, 0.717) is 11.6 Å². The quantitative estimate of drug-likeness (QED) is 0.825. The minimum atomic E-state index is -0.259. The van der Waals surface area contributed by atoms with Gasteiger partial charge in [-0.25, -0.2) is 4.39 Å². The summed E-state index contributed by atoms with van der Waals surface area (Å²) in [5.41, 5.74) is 1.75. The predicted molar refractivity (Wildman–Crippen MR) is 65.2 cm³/mol. The molecule has 5 heteroatoms. The van der Waals surface area contributed by atoms with E-state index in [-0.39, 0.29) is 5.82 Å². The van der Waals surface area contributed by atoms with Gasteiger partial charge in [-0.3, -0.25) is 4.68 Å². The van der Waals surface area contributed by atoms with E-state index in [1.165, 1.54) is 12.1 Å². The average Bonchev–Trinajstić information content (AvgIpc) is 2.51. The Bertz CT molecular complexity index is 505. The van der Waals surface area contributed by atoms with E-state index < -0.39 is 0 Å². The van der Waals surface area contributed by atoms with Gasteiger partial charge in [0, 0.05) is 10.7 Å². The van der Waals surface area contributed by atoms with Crippen molar-refractivity contribution in [3.05, 3.63) is 51.0 Å². The molecule has 0 spiro atoms. The molecule has 0 aliphatic heterocycles. The van der Waals surface area contributed by atoms with Gasteiger partial charge < -0.3 is 0 Å². The Morgan fingerprint density at radius 2 is 2.25 bits per heavy atom. The molecule has 2 aromatic rings. The summed E-state index contributed by atoms with van der Waals surface area (Å²) in [6.07, 6.45) is 1.76. The third-order valence-electron chi connectivity index (χ3n) is 2.23. The highest BCUT2D eigenvalue weighted by atomic mass is 79.9. The molecule has 0 amide bonds. The summed E-state index contributed by atoms with van der Waals surface area (Å²) in [6, 6.07) is 4.59. The lowest BCUT2D eigenvalue weighted by molar-refractivity contribution is 0.622. The van der Waals surface area contributed by atoms with Crippen molar-refractivity contribution in [2.75, 3.05) is 0 Å². The summed E-state index contributed by atoms with van der Waals surface area (Å²) >= 11 is 9.22. The first kappa shape index (κ1) is 11.6. The van der Waals surface area contributed by atoms with Crippen LogP contribution in [0.2, 0.25) is 5.02 Å². The van der Waals surface area contributed by atoms with Crippen LogP contribution in [0.25, 0.3) is 0 Å². The van der Waals surface area contributed by atoms with E-state index in [0.717, 1.165) is 15.7 Å². The summed E-state index contributed by atoms with van der Waals surface area (Å²) in [4.78, 5) is 0. The summed E-state index contributed by atoms with van der Waals surface area (Å²) in [6.45, 7) is 2.41. The van der Waals surface area contributed by atoms with E-state index in [1.807, 2.05) is 6.92 Å². The Kier molecular flexibility index (Phi) is 3.30. The molecule has 2 rings (SSSR count). The van der Waals surface area contributed by atoms with Crippen molar-refractivity contribution < 1.29 is 4.39 Å². The van der Waals surface area contributed by atoms with Gasteiger partial charge in [-0.2, -0.15) is 5.10 Å². The maximum atomic E-state index is 12.9. The molecule has 0 saturated carbocycles. The minimum Gasteiger partial charge on any atom is -0.266 e. The van der Waals surface area contributed by atoms with Crippen molar-refractivity contribution in [2.24, 2.45) is 0 Å². The van der Waals surface area contributed by atoms with Crippen LogP contribution in [-0.2, 0) is 6.54 Å². The van der Waals surface area contributed by atoms with Crippen molar-refractivity contribution in [3.63, 3.8) is 0 Å². The fourth-order valence-corrected chi connectivity index (χ4v) is 2.03. The van der Waals surface area contributed by atoms with Gasteiger partial charge in [0.15, 0.2) is 0 Å². The molecule has 0 unspecified atom stereocenters. The van der Waals surface area contributed by atoms with Gasteiger partial charge in [-0.1, -0.05) is 33.6 Å². The normalized spacial score (nSPS) is 10.8. The topological polar surface area (TPSA) is 17.8 Å². The number of halogens is 3. The van der Waals surface area contributed by atoms with Crippen LogP contribution in [0.15, 0.2) is 28.9 Å². The summed E-state index contributed by atoms with van der Waals surface area (Å²) in [5, 5.41) is 4.88. The highest BCUT2D eigenvalue weighted by Crippen LogP contribution is 2.20. The van der Waals surface area contributed by atoms with Gasteiger partial charge in [0.05, 0.1) is 17.3 Å². The number of aromatic nitrogens is 2. The van der Waals surface area contributed by atoms with Crippen molar-refractivity contribution in [1.82, 2.24) is 9.78 Å². The first-order valence-corrected chi connectivity index (χ1v) is 5.87. The molecule has 0 atom stereocenters. The highest BCUT2D eigenvalue weighted by molar-refractivity contribution is 9.10. The van der Waals surface area contributed by atoms with Crippen molar-refractivity contribution in [2.45, 2.75) is 13.5 Å². The Hall–Kier alpha value is -0.870. The zero-order chi connectivity index (χ0) is 11.7. The Labute approximate surface area is 106 Å². The molecule has 0 N–H and O–H groups in total. The summed E-state index contributed by atoms with van der Waals surface area (Å²) < 4.78 is 15.3. The lowest BCUT2D eigenvalue weighted by Gasteiger charge is -2.04. The van der Waals surface area contributed by atoms with Gasteiger partial charge in [0.25, 0.3) is 0 Å². The van der Waals surface area contributed by atoms with E-state index in [1.54, 1.807) is 16.9 Å². The average molecular weight is 304 g/mol. The van der Waals surface area contributed by atoms with Gasteiger partial charge in [0.2, 0.25) is 0 Å². The van der Waals surface area contributed by atoms with Gasteiger partial charge >= 0.3 is 0 Å². The number of hydrogen-bond donors (Lipinski definition) is 0. The van der Waals surface area contributed by atoms with Crippen LogP contribution >= 0.6 is 27.5 Å².